The largest absolute Gasteiger partial charge is 0.369 e. The lowest BCUT2D eigenvalue weighted by Crippen LogP contribution is -2.49. The van der Waals surface area contributed by atoms with Gasteiger partial charge in [0.15, 0.2) is 0 Å². The molecule has 0 aliphatic carbocycles. The number of aromatic nitrogens is 4. The minimum absolute atomic E-state index is 0.224. The lowest BCUT2D eigenvalue weighted by molar-refractivity contribution is 0.249. The quantitative estimate of drug-likeness (QED) is 0.385. The summed E-state index contributed by atoms with van der Waals surface area (Å²) in [5, 5.41) is 10.4. The third-order valence-electron chi connectivity index (χ3n) is 6.40. The summed E-state index contributed by atoms with van der Waals surface area (Å²) in [6.07, 6.45) is 5.48. The molecule has 0 spiro atoms. The van der Waals surface area contributed by atoms with Crippen LogP contribution in [0.1, 0.15) is 12.5 Å². The van der Waals surface area contributed by atoms with Crippen molar-refractivity contribution in [3.05, 3.63) is 66.6 Å². The molecular weight excluding hydrogens is 454 g/mol. The molecule has 186 valence electrons. The van der Waals surface area contributed by atoms with Crippen molar-refractivity contribution in [3.8, 4) is 0 Å². The first-order valence-corrected chi connectivity index (χ1v) is 12.1. The zero-order chi connectivity index (χ0) is 25.1. The van der Waals surface area contributed by atoms with Gasteiger partial charge >= 0.3 is 6.03 Å². The molecule has 1 aliphatic rings. The molecule has 1 aliphatic heterocycles. The standard InChI is InChI=1S/C26H31N9O/c1-18-16-34(14-12-28-18)22-8-6-21(7-9-22)31-25-30-15-19-10-13-35(24(19)32-25)17-20-5-4-11-29-23(20)33(3)26(36)27-2/h4-11,13,15,18,28H,12,14,16-17H2,1-3H3,(H,27,36)(H,30,31,32)/t18-/m0/s1. The maximum absolute atomic E-state index is 12.2. The molecule has 1 saturated heterocycles. The molecule has 36 heavy (non-hydrogen) atoms. The van der Waals surface area contributed by atoms with Crippen molar-refractivity contribution >= 4 is 40.2 Å². The number of fused-ring (bicyclic) bond motifs is 1. The van der Waals surface area contributed by atoms with Crippen LogP contribution in [0.5, 0.6) is 0 Å². The third kappa shape index (κ3) is 4.94. The number of nitrogens with zero attached hydrogens (tertiary/aromatic N) is 6. The highest BCUT2D eigenvalue weighted by atomic mass is 16.2. The molecule has 3 N–H and O–H groups in total. The van der Waals surface area contributed by atoms with Crippen molar-refractivity contribution in [2.45, 2.75) is 19.5 Å². The lowest BCUT2D eigenvalue weighted by Gasteiger charge is -2.33. The van der Waals surface area contributed by atoms with Crippen molar-refractivity contribution in [2.75, 3.05) is 48.8 Å². The zero-order valence-electron chi connectivity index (χ0n) is 20.8. The normalized spacial score (nSPS) is 15.6. The van der Waals surface area contributed by atoms with E-state index in [0.29, 0.717) is 24.4 Å². The number of carbonyl (C=O) groups is 1. The van der Waals surface area contributed by atoms with E-state index < -0.39 is 0 Å². The Morgan fingerprint density at radius 3 is 2.81 bits per heavy atom. The molecule has 5 rings (SSSR count). The van der Waals surface area contributed by atoms with E-state index in [1.165, 1.54) is 10.6 Å². The highest BCUT2D eigenvalue weighted by molar-refractivity contribution is 5.90. The van der Waals surface area contributed by atoms with E-state index in [0.717, 1.165) is 41.9 Å². The van der Waals surface area contributed by atoms with E-state index in [1.807, 2.05) is 35.2 Å². The molecule has 0 bridgehead atoms. The number of nitrogens with one attached hydrogen (secondary N) is 3. The second kappa shape index (κ2) is 10.2. The fourth-order valence-corrected chi connectivity index (χ4v) is 4.51. The van der Waals surface area contributed by atoms with Crippen LogP contribution in [0.15, 0.2) is 61.1 Å². The predicted molar refractivity (Wildman–Crippen MR) is 143 cm³/mol. The Labute approximate surface area is 210 Å². The zero-order valence-corrected chi connectivity index (χ0v) is 20.8. The number of rotatable bonds is 6. The first-order valence-electron chi connectivity index (χ1n) is 12.1. The van der Waals surface area contributed by atoms with Gasteiger partial charge in [0.2, 0.25) is 5.95 Å². The molecule has 1 fully saturated rings. The van der Waals surface area contributed by atoms with Gasteiger partial charge in [-0.2, -0.15) is 4.98 Å². The number of anilines is 4. The van der Waals surface area contributed by atoms with E-state index in [4.69, 9.17) is 4.98 Å². The van der Waals surface area contributed by atoms with Crippen LogP contribution in [0.3, 0.4) is 0 Å². The second-order valence-corrected chi connectivity index (χ2v) is 8.99. The SMILES string of the molecule is CNC(=O)N(C)c1ncccc1Cn1ccc2cnc(Nc3ccc(N4CCN[C@@H](C)C4)cc3)nc21. The van der Waals surface area contributed by atoms with E-state index in [1.54, 1.807) is 20.3 Å². The maximum Gasteiger partial charge on any atom is 0.322 e. The number of hydrogen-bond donors (Lipinski definition) is 3. The molecule has 10 heteroatoms. The molecule has 3 aromatic heterocycles. The van der Waals surface area contributed by atoms with E-state index in [-0.39, 0.29) is 6.03 Å². The average Bonchev–Trinajstić information content (AvgIpc) is 3.30. The Balaban J connectivity index is 1.35. The number of carbonyl (C=O) groups excluding carboxylic acids is 1. The van der Waals surface area contributed by atoms with Crippen LogP contribution in [-0.4, -0.2) is 65.3 Å². The number of urea groups is 1. The summed E-state index contributed by atoms with van der Waals surface area (Å²) in [7, 11) is 3.31. The molecule has 2 amide bonds. The van der Waals surface area contributed by atoms with Crippen molar-refractivity contribution in [2.24, 2.45) is 0 Å². The molecule has 0 radical (unpaired) electrons. The first kappa shape index (κ1) is 23.6. The van der Waals surface area contributed by atoms with Gasteiger partial charge in [-0.05, 0) is 43.3 Å². The highest BCUT2D eigenvalue weighted by Gasteiger charge is 2.17. The van der Waals surface area contributed by atoms with Gasteiger partial charge in [0.1, 0.15) is 11.5 Å². The molecule has 1 atom stereocenters. The van der Waals surface area contributed by atoms with Crippen LogP contribution < -0.4 is 25.8 Å². The number of piperazine rings is 1. The fraction of sp³-hybridized carbons (Fsp3) is 0.308. The van der Waals surface area contributed by atoms with E-state index in [2.05, 4.69) is 62.0 Å². The highest BCUT2D eigenvalue weighted by Crippen LogP contribution is 2.24. The monoisotopic (exact) mass is 485 g/mol. The first-order chi connectivity index (χ1) is 17.5. The summed E-state index contributed by atoms with van der Waals surface area (Å²) in [6, 6.07) is 14.5. The van der Waals surface area contributed by atoms with Gasteiger partial charge in [0.05, 0.1) is 6.54 Å². The molecule has 4 heterocycles. The Kier molecular flexibility index (Phi) is 6.68. The Morgan fingerprint density at radius 1 is 1.19 bits per heavy atom. The second-order valence-electron chi connectivity index (χ2n) is 8.99. The van der Waals surface area contributed by atoms with Crippen molar-refractivity contribution in [3.63, 3.8) is 0 Å². The lowest BCUT2D eigenvalue weighted by atomic mass is 10.2. The van der Waals surface area contributed by atoms with Crippen LogP contribution in [0.25, 0.3) is 11.0 Å². The third-order valence-corrected chi connectivity index (χ3v) is 6.40. The van der Waals surface area contributed by atoms with E-state index >= 15 is 0 Å². The molecule has 4 aromatic rings. The number of hydrogen-bond acceptors (Lipinski definition) is 7. The van der Waals surface area contributed by atoms with Crippen LogP contribution >= 0.6 is 0 Å². The Hall–Kier alpha value is -4.18. The Bertz CT molecular complexity index is 1350. The fourth-order valence-electron chi connectivity index (χ4n) is 4.51. The number of amides is 2. The Morgan fingerprint density at radius 2 is 2.03 bits per heavy atom. The minimum atomic E-state index is -0.224. The summed E-state index contributed by atoms with van der Waals surface area (Å²) in [4.78, 5) is 29.8. The maximum atomic E-state index is 12.2. The summed E-state index contributed by atoms with van der Waals surface area (Å²) < 4.78 is 2.04. The van der Waals surface area contributed by atoms with Crippen LogP contribution in [0, 0.1) is 0 Å². The van der Waals surface area contributed by atoms with Gasteiger partial charge in [-0.15, -0.1) is 0 Å². The van der Waals surface area contributed by atoms with Crippen LogP contribution in [0.2, 0.25) is 0 Å². The van der Waals surface area contributed by atoms with Crippen molar-refractivity contribution < 1.29 is 4.79 Å². The summed E-state index contributed by atoms with van der Waals surface area (Å²) in [6.45, 7) is 5.73. The molecule has 0 saturated carbocycles. The predicted octanol–water partition coefficient (Wildman–Crippen LogP) is 3.19. The van der Waals surface area contributed by atoms with Gasteiger partial charge in [-0.3, -0.25) is 4.90 Å². The number of benzene rings is 1. The summed E-state index contributed by atoms with van der Waals surface area (Å²) >= 11 is 0. The molecule has 1 aromatic carbocycles. The van der Waals surface area contributed by atoms with Crippen LogP contribution in [-0.2, 0) is 6.54 Å². The topological polar surface area (TPSA) is 103 Å². The summed E-state index contributed by atoms with van der Waals surface area (Å²) in [5.41, 5.74) is 3.86. The van der Waals surface area contributed by atoms with Gasteiger partial charge in [-0.1, -0.05) is 6.07 Å². The molecular formula is C26H31N9O. The van der Waals surface area contributed by atoms with Gasteiger partial charge < -0.3 is 25.4 Å². The van der Waals surface area contributed by atoms with Gasteiger partial charge in [-0.25, -0.2) is 14.8 Å². The number of pyridine rings is 1. The molecule has 0 unspecified atom stereocenters. The smallest absolute Gasteiger partial charge is 0.322 e. The summed E-state index contributed by atoms with van der Waals surface area (Å²) in [5.74, 6) is 1.13. The van der Waals surface area contributed by atoms with Crippen LogP contribution in [0.4, 0.5) is 27.9 Å². The van der Waals surface area contributed by atoms with Gasteiger partial charge in [0, 0.05) is 80.7 Å². The van der Waals surface area contributed by atoms with E-state index in [9.17, 15) is 4.79 Å². The molecule has 10 nitrogen and oxygen atoms in total. The van der Waals surface area contributed by atoms with Crippen molar-refractivity contribution in [1.29, 1.82) is 0 Å². The van der Waals surface area contributed by atoms with Crippen molar-refractivity contribution in [1.82, 2.24) is 30.2 Å². The average molecular weight is 486 g/mol. The minimum Gasteiger partial charge on any atom is -0.369 e. The van der Waals surface area contributed by atoms with Gasteiger partial charge in [0.25, 0.3) is 0 Å².